The van der Waals surface area contributed by atoms with Crippen LogP contribution in [0.5, 0.6) is 0 Å². The van der Waals surface area contributed by atoms with E-state index in [1.807, 2.05) is 60.7 Å². The molecule has 0 amide bonds. The number of carbonyl (C=O) groups excluding carboxylic acids is 1. The Labute approximate surface area is 187 Å². The van der Waals surface area contributed by atoms with Gasteiger partial charge in [-0.15, -0.1) is 5.10 Å². The molecule has 0 aliphatic carbocycles. The van der Waals surface area contributed by atoms with Crippen molar-refractivity contribution in [3.05, 3.63) is 119 Å². The summed E-state index contributed by atoms with van der Waals surface area (Å²) >= 11 is 0. The van der Waals surface area contributed by atoms with Gasteiger partial charge in [-0.1, -0.05) is 90.7 Å². The minimum atomic E-state index is -0.263. The lowest BCUT2D eigenvalue weighted by Crippen LogP contribution is -2.29. The quantitative estimate of drug-likeness (QED) is 0.314. The number of benzene rings is 3. The molecule has 0 bridgehead atoms. The zero-order valence-corrected chi connectivity index (χ0v) is 17.8. The van der Waals surface area contributed by atoms with E-state index in [1.54, 1.807) is 12.1 Å². The van der Waals surface area contributed by atoms with Crippen molar-refractivity contribution in [2.45, 2.75) is 19.5 Å². The summed E-state index contributed by atoms with van der Waals surface area (Å²) in [5.74, 6) is 6.75. The van der Waals surface area contributed by atoms with Crippen molar-refractivity contribution in [3.8, 4) is 11.8 Å². The van der Waals surface area contributed by atoms with Crippen molar-refractivity contribution in [1.82, 2.24) is 15.1 Å². The Morgan fingerprint density at radius 2 is 1.59 bits per heavy atom. The predicted molar refractivity (Wildman–Crippen MR) is 123 cm³/mol. The summed E-state index contributed by atoms with van der Waals surface area (Å²) in [5.41, 5.74) is 3.66. The summed E-state index contributed by atoms with van der Waals surface area (Å²) in [6.45, 7) is 3.58. The van der Waals surface area contributed by atoms with E-state index < -0.39 is 0 Å². The highest BCUT2D eigenvalue weighted by atomic mass is 16.4. The van der Waals surface area contributed by atoms with Gasteiger partial charge in [0.15, 0.2) is 0 Å². The van der Waals surface area contributed by atoms with Crippen LogP contribution in [0.1, 0.15) is 51.8 Å². The lowest BCUT2D eigenvalue weighted by atomic mass is 10.0. The fourth-order valence-corrected chi connectivity index (χ4v) is 3.51. The number of hydrogen-bond acceptors (Lipinski definition) is 5. The van der Waals surface area contributed by atoms with E-state index in [9.17, 15) is 4.79 Å². The van der Waals surface area contributed by atoms with E-state index in [0.717, 1.165) is 24.0 Å². The van der Waals surface area contributed by atoms with Gasteiger partial charge in [-0.25, -0.2) is 0 Å². The van der Waals surface area contributed by atoms with Gasteiger partial charge < -0.3 is 4.42 Å². The van der Waals surface area contributed by atoms with Crippen LogP contribution in [0, 0.1) is 11.8 Å². The van der Waals surface area contributed by atoms with Crippen LogP contribution in [0.25, 0.3) is 0 Å². The van der Waals surface area contributed by atoms with Gasteiger partial charge in [0.1, 0.15) is 12.3 Å². The Morgan fingerprint density at radius 3 is 2.25 bits per heavy atom. The zero-order chi connectivity index (χ0) is 22.2. The van der Waals surface area contributed by atoms with E-state index in [0.29, 0.717) is 18.0 Å². The molecule has 0 N–H and O–H groups in total. The minimum absolute atomic E-state index is 0.263. The number of hydrogen-bond donors (Lipinski definition) is 0. The summed E-state index contributed by atoms with van der Waals surface area (Å²) in [4.78, 5) is 13.4. The smallest absolute Gasteiger partial charge is 0.294 e. The second kappa shape index (κ2) is 10.3. The molecule has 0 aliphatic rings. The second-order valence-electron chi connectivity index (χ2n) is 7.30. The summed E-state index contributed by atoms with van der Waals surface area (Å²) in [7, 11) is 0. The van der Waals surface area contributed by atoms with E-state index >= 15 is 0 Å². The van der Waals surface area contributed by atoms with Crippen LogP contribution in [0.15, 0.2) is 89.3 Å². The van der Waals surface area contributed by atoms with Crippen LogP contribution in [0.3, 0.4) is 0 Å². The normalized spacial score (nSPS) is 11.6. The van der Waals surface area contributed by atoms with Crippen LogP contribution < -0.4 is 0 Å². The third-order valence-corrected chi connectivity index (χ3v) is 5.15. The molecule has 5 nitrogen and oxygen atoms in total. The van der Waals surface area contributed by atoms with Gasteiger partial charge in [-0.2, -0.15) is 0 Å². The first-order valence-electron chi connectivity index (χ1n) is 10.5. The Morgan fingerprint density at radius 1 is 0.906 bits per heavy atom. The first-order chi connectivity index (χ1) is 15.8. The molecule has 1 heterocycles. The molecule has 0 spiro atoms. The molecule has 0 aliphatic heterocycles. The maximum Gasteiger partial charge on any atom is 0.294 e. The van der Waals surface area contributed by atoms with Gasteiger partial charge in [-0.05, 0) is 35.7 Å². The third-order valence-electron chi connectivity index (χ3n) is 5.15. The molecule has 3 aromatic carbocycles. The van der Waals surface area contributed by atoms with Crippen molar-refractivity contribution >= 4 is 6.29 Å². The van der Waals surface area contributed by atoms with E-state index in [2.05, 4.69) is 46.0 Å². The van der Waals surface area contributed by atoms with Crippen LogP contribution in [0.4, 0.5) is 0 Å². The summed E-state index contributed by atoms with van der Waals surface area (Å²) in [6.07, 6.45) is 0.838. The monoisotopic (exact) mass is 421 g/mol. The Kier molecular flexibility index (Phi) is 6.86. The average Bonchev–Trinajstić information content (AvgIpc) is 3.32. The molecule has 1 atom stereocenters. The van der Waals surface area contributed by atoms with Gasteiger partial charge in [-0.3, -0.25) is 9.69 Å². The molecule has 0 fully saturated rings. The van der Waals surface area contributed by atoms with Crippen LogP contribution in [-0.2, 0) is 6.54 Å². The van der Waals surface area contributed by atoms with E-state index in [1.165, 1.54) is 5.56 Å². The molecule has 32 heavy (non-hydrogen) atoms. The first kappa shape index (κ1) is 21.2. The summed E-state index contributed by atoms with van der Waals surface area (Å²) < 4.78 is 5.99. The average molecular weight is 422 g/mol. The Hall–Kier alpha value is -4.01. The van der Waals surface area contributed by atoms with Gasteiger partial charge in [0.05, 0.1) is 0 Å². The topological polar surface area (TPSA) is 59.2 Å². The summed E-state index contributed by atoms with van der Waals surface area (Å²) in [6, 6.07) is 27.1. The zero-order valence-electron chi connectivity index (χ0n) is 17.8. The SMILES string of the molecule is CCN(Cc1ccccc1)C(c1ccc(C=O)cc1)c1nnc(C#Cc2ccccc2)o1. The molecule has 4 rings (SSSR count). The highest BCUT2D eigenvalue weighted by molar-refractivity contribution is 5.74. The lowest BCUT2D eigenvalue weighted by molar-refractivity contribution is 0.112. The molecule has 0 saturated heterocycles. The highest BCUT2D eigenvalue weighted by Crippen LogP contribution is 2.29. The number of nitrogens with zero attached hydrogens (tertiary/aromatic N) is 3. The third kappa shape index (κ3) is 5.18. The van der Waals surface area contributed by atoms with E-state index in [-0.39, 0.29) is 11.9 Å². The number of rotatable bonds is 7. The van der Waals surface area contributed by atoms with Crippen molar-refractivity contribution in [2.24, 2.45) is 0 Å². The molecule has 1 aromatic heterocycles. The second-order valence-corrected chi connectivity index (χ2v) is 7.30. The van der Waals surface area contributed by atoms with Crippen molar-refractivity contribution in [3.63, 3.8) is 0 Å². The maximum absolute atomic E-state index is 11.1. The molecule has 0 radical (unpaired) electrons. The largest absolute Gasteiger partial charge is 0.412 e. The van der Waals surface area contributed by atoms with Crippen molar-refractivity contribution < 1.29 is 9.21 Å². The maximum atomic E-state index is 11.1. The molecule has 5 heteroatoms. The number of aromatic nitrogens is 2. The summed E-state index contributed by atoms with van der Waals surface area (Å²) in [5, 5.41) is 8.49. The van der Waals surface area contributed by atoms with Crippen molar-refractivity contribution in [1.29, 1.82) is 0 Å². The van der Waals surface area contributed by atoms with E-state index in [4.69, 9.17) is 4.42 Å². The first-order valence-corrected chi connectivity index (χ1v) is 10.5. The fraction of sp³-hybridized carbons (Fsp3) is 0.148. The lowest BCUT2D eigenvalue weighted by Gasteiger charge is -2.28. The fourth-order valence-electron chi connectivity index (χ4n) is 3.51. The molecule has 4 aromatic rings. The number of carbonyl (C=O) groups is 1. The Bertz CT molecular complexity index is 1210. The van der Waals surface area contributed by atoms with Gasteiger partial charge in [0.25, 0.3) is 5.89 Å². The van der Waals surface area contributed by atoms with Crippen LogP contribution >= 0.6 is 0 Å². The van der Waals surface area contributed by atoms with Gasteiger partial charge >= 0.3 is 0 Å². The van der Waals surface area contributed by atoms with Gasteiger partial charge in [0.2, 0.25) is 5.89 Å². The van der Waals surface area contributed by atoms with Crippen molar-refractivity contribution in [2.75, 3.05) is 6.54 Å². The standard InChI is InChI=1S/C27H23N3O2/c1-2-30(19-22-11-7-4-8-12-22)26(24-16-13-23(20-31)14-17-24)27-29-28-25(32-27)18-15-21-9-5-3-6-10-21/h3-14,16-17,20,26H,2,19H2,1H3. The molecule has 158 valence electrons. The minimum Gasteiger partial charge on any atom is -0.412 e. The molecular formula is C27H23N3O2. The molecular weight excluding hydrogens is 398 g/mol. The molecule has 0 saturated carbocycles. The predicted octanol–water partition coefficient (Wildman–Crippen LogP) is 4.89. The number of aldehydes is 1. The molecule has 1 unspecified atom stereocenters. The van der Waals surface area contributed by atoms with Crippen LogP contribution in [0.2, 0.25) is 0 Å². The highest BCUT2D eigenvalue weighted by Gasteiger charge is 2.27. The Balaban J connectivity index is 1.68. The van der Waals surface area contributed by atoms with Crippen LogP contribution in [-0.4, -0.2) is 27.9 Å². The van der Waals surface area contributed by atoms with Gasteiger partial charge in [0, 0.05) is 17.7 Å².